The number of rotatable bonds is 3. The molecule has 2 rings (SSSR count). The van der Waals surface area contributed by atoms with Crippen molar-refractivity contribution >= 4 is 5.96 Å². The summed E-state index contributed by atoms with van der Waals surface area (Å²) in [4.78, 5) is 4.20. The Morgan fingerprint density at radius 1 is 1.37 bits per heavy atom. The van der Waals surface area contributed by atoms with Gasteiger partial charge in [0.05, 0.1) is 0 Å². The van der Waals surface area contributed by atoms with E-state index in [1.54, 1.807) is 20.0 Å². The van der Waals surface area contributed by atoms with Gasteiger partial charge in [-0.15, -0.1) is 0 Å². The second kappa shape index (κ2) is 6.36. The molecule has 1 aromatic rings. The van der Waals surface area contributed by atoms with Crippen LogP contribution in [0, 0.1) is 12.7 Å². The Kier molecular flexibility index (Phi) is 4.55. The molecule has 0 fully saturated rings. The standard InChI is InChI=1S/C15H20FN3/c1-11-9-12(7-8-14(11)16)10-18-15(17-2)19-13-5-3-4-6-13/h3-4,7-9,13H,5-6,10H2,1-2H3,(H2,17,18,19). The average molecular weight is 261 g/mol. The summed E-state index contributed by atoms with van der Waals surface area (Å²) >= 11 is 0. The molecule has 0 spiro atoms. The van der Waals surface area contributed by atoms with Crippen molar-refractivity contribution in [2.45, 2.75) is 32.4 Å². The molecule has 3 nitrogen and oxygen atoms in total. The van der Waals surface area contributed by atoms with Gasteiger partial charge in [-0.3, -0.25) is 4.99 Å². The van der Waals surface area contributed by atoms with Crippen molar-refractivity contribution in [2.24, 2.45) is 4.99 Å². The molecule has 1 aromatic carbocycles. The van der Waals surface area contributed by atoms with Crippen LogP contribution in [0.15, 0.2) is 35.3 Å². The summed E-state index contributed by atoms with van der Waals surface area (Å²) in [5.41, 5.74) is 1.72. The first-order chi connectivity index (χ1) is 9.19. The fraction of sp³-hybridized carbons (Fsp3) is 0.400. The van der Waals surface area contributed by atoms with Crippen molar-refractivity contribution in [3.63, 3.8) is 0 Å². The highest BCUT2D eigenvalue weighted by atomic mass is 19.1. The van der Waals surface area contributed by atoms with Crippen molar-refractivity contribution in [3.05, 3.63) is 47.3 Å². The number of aryl methyl sites for hydroxylation is 1. The van der Waals surface area contributed by atoms with Crippen molar-refractivity contribution in [1.82, 2.24) is 10.6 Å². The number of hydrogen-bond acceptors (Lipinski definition) is 1. The van der Waals surface area contributed by atoms with Crippen molar-refractivity contribution in [3.8, 4) is 0 Å². The minimum atomic E-state index is -0.164. The summed E-state index contributed by atoms with van der Waals surface area (Å²) in [6, 6.07) is 5.58. The first-order valence-electron chi connectivity index (χ1n) is 6.56. The van der Waals surface area contributed by atoms with Gasteiger partial charge in [-0.05, 0) is 37.0 Å². The van der Waals surface area contributed by atoms with E-state index >= 15 is 0 Å². The largest absolute Gasteiger partial charge is 0.353 e. The summed E-state index contributed by atoms with van der Waals surface area (Å²) < 4.78 is 13.2. The van der Waals surface area contributed by atoms with Crippen LogP contribution in [0.25, 0.3) is 0 Å². The Labute approximate surface area is 113 Å². The van der Waals surface area contributed by atoms with Crippen LogP contribution in [-0.4, -0.2) is 19.0 Å². The molecule has 19 heavy (non-hydrogen) atoms. The summed E-state index contributed by atoms with van der Waals surface area (Å²) in [5.74, 6) is 0.624. The van der Waals surface area contributed by atoms with Crippen LogP contribution in [0.4, 0.5) is 4.39 Å². The van der Waals surface area contributed by atoms with E-state index < -0.39 is 0 Å². The van der Waals surface area contributed by atoms with E-state index in [4.69, 9.17) is 0 Å². The maximum absolute atomic E-state index is 13.2. The van der Waals surface area contributed by atoms with Crippen LogP contribution in [0.5, 0.6) is 0 Å². The molecule has 0 aliphatic heterocycles. The number of nitrogens with zero attached hydrogens (tertiary/aromatic N) is 1. The highest BCUT2D eigenvalue weighted by molar-refractivity contribution is 5.80. The van der Waals surface area contributed by atoms with Gasteiger partial charge in [0.2, 0.25) is 0 Å². The number of hydrogen-bond donors (Lipinski definition) is 2. The van der Waals surface area contributed by atoms with Gasteiger partial charge < -0.3 is 10.6 Å². The van der Waals surface area contributed by atoms with Gasteiger partial charge in [0.15, 0.2) is 5.96 Å². The third-order valence-corrected chi connectivity index (χ3v) is 3.25. The van der Waals surface area contributed by atoms with Gasteiger partial charge in [0, 0.05) is 19.6 Å². The molecule has 4 heteroatoms. The molecule has 0 saturated heterocycles. The summed E-state index contributed by atoms with van der Waals surface area (Å²) in [7, 11) is 1.76. The first kappa shape index (κ1) is 13.6. The zero-order valence-electron chi connectivity index (χ0n) is 11.4. The Balaban J connectivity index is 1.87. The fourth-order valence-corrected chi connectivity index (χ4v) is 2.13. The maximum Gasteiger partial charge on any atom is 0.191 e. The third-order valence-electron chi connectivity index (χ3n) is 3.25. The second-order valence-corrected chi connectivity index (χ2v) is 4.79. The molecule has 0 saturated carbocycles. The molecular formula is C15H20FN3. The lowest BCUT2D eigenvalue weighted by atomic mass is 10.1. The van der Waals surface area contributed by atoms with Crippen molar-refractivity contribution in [1.29, 1.82) is 0 Å². The fourth-order valence-electron chi connectivity index (χ4n) is 2.13. The second-order valence-electron chi connectivity index (χ2n) is 4.79. The summed E-state index contributed by atoms with van der Waals surface area (Å²) in [5, 5.41) is 6.61. The number of aliphatic imine (C=N–C) groups is 1. The number of benzene rings is 1. The smallest absolute Gasteiger partial charge is 0.191 e. The maximum atomic E-state index is 13.2. The predicted octanol–water partition coefficient (Wildman–Crippen LogP) is 2.52. The number of halogens is 1. The lowest BCUT2D eigenvalue weighted by molar-refractivity contribution is 0.616. The lowest BCUT2D eigenvalue weighted by Gasteiger charge is -2.17. The molecule has 0 heterocycles. The van der Waals surface area contributed by atoms with E-state index in [0.29, 0.717) is 18.2 Å². The van der Waals surface area contributed by atoms with Gasteiger partial charge in [-0.1, -0.05) is 24.3 Å². The molecule has 1 aliphatic rings. The minimum absolute atomic E-state index is 0.164. The third kappa shape index (κ3) is 3.81. The average Bonchev–Trinajstić information content (AvgIpc) is 2.91. The van der Waals surface area contributed by atoms with Crippen LogP contribution in [0.2, 0.25) is 0 Å². The number of nitrogens with one attached hydrogen (secondary N) is 2. The SMILES string of the molecule is CN=C(NCc1ccc(F)c(C)c1)NC1CC=CC1. The molecule has 0 aromatic heterocycles. The van der Waals surface area contributed by atoms with Crippen LogP contribution < -0.4 is 10.6 Å². The van der Waals surface area contributed by atoms with Gasteiger partial charge in [0.1, 0.15) is 5.82 Å². The Bertz CT molecular complexity index is 486. The van der Waals surface area contributed by atoms with Crippen LogP contribution >= 0.6 is 0 Å². The molecule has 0 atom stereocenters. The van der Waals surface area contributed by atoms with Gasteiger partial charge in [-0.25, -0.2) is 4.39 Å². The summed E-state index contributed by atoms with van der Waals surface area (Å²) in [6.07, 6.45) is 6.43. The first-order valence-corrected chi connectivity index (χ1v) is 6.56. The zero-order valence-corrected chi connectivity index (χ0v) is 11.4. The molecule has 0 unspecified atom stereocenters. The minimum Gasteiger partial charge on any atom is -0.353 e. The van der Waals surface area contributed by atoms with E-state index in [1.807, 2.05) is 6.07 Å². The van der Waals surface area contributed by atoms with E-state index in [2.05, 4.69) is 27.8 Å². The van der Waals surface area contributed by atoms with Crippen LogP contribution in [0.1, 0.15) is 24.0 Å². The van der Waals surface area contributed by atoms with Gasteiger partial charge in [-0.2, -0.15) is 0 Å². The predicted molar refractivity (Wildman–Crippen MR) is 76.6 cm³/mol. The highest BCUT2D eigenvalue weighted by Crippen LogP contribution is 2.10. The molecule has 102 valence electrons. The van der Waals surface area contributed by atoms with E-state index in [0.717, 1.165) is 24.4 Å². The quantitative estimate of drug-likeness (QED) is 0.498. The summed E-state index contributed by atoms with van der Waals surface area (Å²) in [6.45, 7) is 2.41. The Morgan fingerprint density at radius 3 is 2.74 bits per heavy atom. The van der Waals surface area contributed by atoms with Gasteiger partial charge in [0.25, 0.3) is 0 Å². The highest BCUT2D eigenvalue weighted by Gasteiger charge is 2.11. The number of guanidine groups is 1. The van der Waals surface area contributed by atoms with Gasteiger partial charge >= 0.3 is 0 Å². The molecule has 2 N–H and O–H groups in total. The van der Waals surface area contributed by atoms with Crippen molar-refractivity contribution in [2.75, 3.05) is 7.05 Å². The molecule has 1 aliphatic carbocycles. The van der Waals surface area contributed by atoms with Crippen LogP contribution in [-0.2, 0) is 6.54 Å². The normalized spacial score (nSPS) is 15.8. The van der Waals surface area contributed by atoms with E-state index in [1.165, 1.54) is 6.07 Å². The van der Waals surface area contributed by atoms with E-state index in [-0.39, 0.29) is 5.82 Å². The molecule has 0 amide bonds. The molecular weight excluding hydrogens is 241 g/mol. The zero-order chi connectivity index (χ0) is 13.7. The monoisotopic (exact) mass is 261 g/mol. The molecule has 0 radical (unpaired) electrons. The van der Waals surface area contributed by atoms with Crippen LogP contribution in [0.3, 0.4) is 0 Å². The Morgan fingerprint density at radius 2 is 2.11 bits per heavy atom. The topological polar surface area (TPSA) is 36.4 Å². The van der Waals surface area contributed by atoms with Crippen molar-refractivity contribution < 1.29 is 4.39 Å². The Hall–Kier alpha value is -1.84. The molecule has 0 bridgehead atoms. The van der Waals surface area contributed by atoms with E-state index in [9.17, 15) is 4.39 Å². The lowest BCUT2D eigenvalue weighted by Crippen LogP contribution is -2.42.